The second-order valence-corrected chi connectivity index (χ2v) is 7.34. The third kappa shape index (κ3) is 6.93. The fourth-order valence-electron chi connectivity index (χ4n) is 3.06. The lowest BCUT2D eigenvalue weighted by Gasteiger charge is -2.29. The first kappa shape index (κ1) is 22.5. The second-order valence-electron chi connectivity index (χ2n) is 7.34. The highest BCUT2D eigenvalue weighted by molar-refractivity contribution is 5.88. The first-order valence-electron chi connectivity index (χ1n) is 10.2. The summed E-state index contributed by atoms with van der Waals surface area (Å²) in [6.07, 6.45) is 1.80. The monoisotopic (exact) mass is 396 g/mol. The van der Waals surface area contributed by atoms with Crippen molar-refractivity contribution in [3.8, 4) is 5.75 Å². The summed E-state index contributed by atoms with van der Waals surface area (Å²) >= 11 is 0. The van der Waals surface area contributed by atoms with E-state index in [9.17, 15) is 9.59 Å². The topological polar surface area (TPSA) is 58.6 Å². The van der Waals surface area contributed by atoms with Gasteiger partial charge in [0.05, 0.1) is 13.5 Å². The van der Waals surface area contributed by atoms with E-state index < -0.39 is 6.04 Å². The molecule has 0 spiro atoms. The van der Waals surface area contributed by atoms with Crippen LogP contribution >= 0.6 is 0 Å². The van der Waals surface area contributed by atoms with Crippen molar-refractivity contribution in [2.75, 3.05) is 13.7 Å². The minimum atomic E-state index is -0.529. The van der Waals surface area contributed by atoms with E-state index in [1.807, 2.05) is 68.4 Å². The normalized spacial score (nSPS) is 12.7. The second kappa shape index (κ2) is 11.2. The Balaban J connectivity index is 2.12. The Labute approximate surface area is 174 Å². The van der Waals surface area contributed by atoms with Gasteiger partial charge >= 0.3 is 0 Å². The molecule has 2 rings (SSSR count). The van der Waals surface area contributed by atoms with Crippen LogP contribution in [0.5, 0.6) is 5.75 Å². The average Bonchev–Trinajstić information content (AvgIpc) is 2.74. The highest BCUT2D eigenvalue weighted by Gasteiger charge is 2.26. The van der Waals surface area contributed by atoms with Crippen molar-refractivity contribution in [1.29, 1.82) is 0 Å². The molecule has 0 saturated heterocycles. The van der Waals surface area contributed by atoms with Crippen molar-refractivity contribution >= 4 is 11.8 Å². The van der Waals surface area contributed by atoms with Gasteiger partial charge in [0.1, 0.15) is 11.8 Å². The Morgan fingerprint density at radius 3 is 2.24 bits per heavy atom. The van der Waals surface area contributed by atoms with Crippen LogP contribution in [0.25, 0.3) is 0 Å². The molecule has 0 heterocycles. The lowest BCUT2D eigenvalue weighted by molar-refractivity contribution is -0.139. The van der Waals surface area contributed by atoms with Crippen LogP contribution in [-0.2, 0) is 22.4 Å². The minimum absolute atomic E-state index is 0.0575. The molecule has 0 saturated carbocycles. The van der Waals surface area contributed by atoms with Gasteiger partial charge in [0, 0.05) is 12.6 Å². The van der Waals surface area contributed by atoms with Crippen molar-refractivity contribution < 1.29 is 14.3 Å². The molecule has 29 heavy (non-hydrogen) atoms. The first-order valence-corrected chi connectivity index (χ1v) is 10.2. The molecule has 0 radical (unpaired) electrons. The lowest BCUT2D eigenvalue weighted by Crippen LogP contribution is -2.50. The van der Waals surface area contributed by atoms with Crippen molar-refractivity contribution in [1.82, 2.24) is 10.2 Å². The molecule has 156 valence electrons. The predicted molar refractivity (Wildman–Crippen MR) is 116 cm³/mol. The van der Waals surface area contributed by atoms with Crippen LogP contribution in [0.2, 0.25) is 0 Å². The van der Waals surface area contributed by atoms with E-state index in [0.29, 0.717) is 13.0 Å². The largest absolute Gasteiger partial charge is 0.497 e. The highest BCUT2D eigenvalue weighted by atomic mass is 16.5. The van der Waals surface area contributed by atoms with Gasteiger partial charge in [-0.15, -0.1) is 0 Å². The number of rotatable bonds is 10. The van der Waals surface area contributed by atoms with Gasteiger partial charge < -0.3 is 15.0 Å². The maximum Gasteiger partial charge on any atom is 0.242 e. The molecular weight excluding hydrogens is 364 g/mol. The standard InChI is InChI=1S/C24H32N2O3/c1-5-18(2)25-24(28)19(3)26(16-15-20-9-7-6-8-10-20)23(27)17-21-11-13-22(29-4)14-12-21/h6-14,18-19H,5,15-17H2,1-4H3,(H,25,28)/t18-,19+/m1/s1. The fourth-order valence-corrected chi connectivity index (χ4v) is 3.06. The van der Waals surface area contributed by atoms with E-state index in [4.69, 9.17) is 4.74 Å². The molecule has 2 amide bonds. The maximum atomic E-state index is 13.1. The van der Waals surface area contributed by atoms with Gasteiger partial charge in [0.15, 0.2) is 0 Å². The molecule has 0 unspecified atom stereocenters. The van der Waals surface area contributed by atoms with Crippen LogP contribution in [0.15, 0.2) is 54.6 Å². The number of nitrogens with one attached hydrogen (secondary N) is 1. The minimum Gasteiger partial charge on any atom is -0.497 e. The average molecular weight is 397 g/mol. The molecule has 2 atom stereocenters. The number of ether oxygens (including phenoxy) is 1. The summed E-state index contributed by atoms with van der Waals surface area (Å²) < 4.78 is 5.18. The van der Waals surface area contributed by atoms with Gasteiger partial charge in [-0.05, 0) is 49.9 Å². The van der Waals surface area contributed by atoms with E-state index in [1.165, 1.54) is 0 Å². The molecule has 0 aliphatic rings. The molecule has 0 aliphatic carbocycles. The molecule has 0 fully saturated rings. The van der Waals surface area contributed by atoms with Crippen molar-refractivity contribution in [3.05, 3.63) is 65.7 Å². The van der Waals surface area contributed by atoms with E-state index in [-0.39, 0.29) is 24.3 Å². The number of amides is 2. The molecule has 5 heteroatoms. The summed E-state index contributed by atoms with van der Waals surface area (Å²) in [5.74, 6) is 0.580. The van der Waals surface area contributed by atoms with E-state index in [2.05, 4.69) is 5.32 Å². The summed E-state index contributed by atoms with van der Waals surface area (Å²) in [7, 11) is 1.61. The number of methoxy groups -OCH3 is 1. The predicted octanol–water partition coefficient (Wildman–Crippen LogP) is 3.61. The molecule has 1 N–H and O–H groups in total. The molecule has 0 aromatic heterocycles. The number of hydrogen-bond acceptors (Lipinski definition) is 3. The summed E-state index contributed by atoms with van der Waals surface area (Å²) in [5.41, 5.74) is 2.04. The number of benzene rings is 2. The van der Waals surface area contributed by atoms with Crippen LogP contribution in [0.3, 0.4) is 0 Å². The zero-order chi connectivity index (χ0) is 21.2. The molecule has 0 aliphatic heterocycles. The number of hydrogen-bond donors (Lipinski definition) is 1. The van der Waals surface area contributed by atoms with Crippen molar-refractivity contribution in [2.45, 2.75) is 52.1 Å². The zero-order valence-electron chi connectivity index (χ0n) is 17.9. The number of carbonyl (C=O) groups excluding carboxylic acids is 2. The summed E-state index contributed by atoms with van der Waals surface area (Å²) in [6.45, 7) is 6.29. The van der Waals surface area contributed by atoms with Crippen LogP contribution in [-0.4, -0.2) is 42.5 Å². The number of carbonyl (C=O) groups is 2. The Morgan fingerprint density at radius 2 is 1.66 bits per heavy atom. The Kier molecular flexibility index (Phi) is 8.71. The summed E-state index contributed by atoms with van der Waals surface area (Å²) in [5, 5.41) is 2.99. The molecule has 0 bridgehead atoms. The Bertz CT molecular complexity index is 774. The quantitative estimate of drug-likeness (QED) is 0.667. The van der Waals surface area contributed by atoms with Crippen LogP contribution in [0.4, 0.5) is 0 Å². The summed E-state index contributed by atoms with van der Waals surface area (Å²) in [4.78, 5) is 27.5. The number of nitrogens with zero attached hydrogens (tertiary/aromatic N) is 1. The van der Waals surface area contributed by atoms with Crippen LogP contribution in [0, 0.1) is 0 Å². The van der Waals surface area contributed by atoms with Gasteiger partial charge in [-0.3, -0.25) is 9.59 Å². The van der Waals surface area contributed by atoms with Crippen molar-refractivity contribution in [3.63, 3.8) is 0 Å². The molecular formula is C24H32N2O3. The van der Waals surface area contributed by atoms with E-state index >= 15 is 0 Å². The Morgan fingerprint density at radius 1 is 1.00 bits per heavy atom. The van der Waals surface area contributed by atoms with E-state index in [1.54, 1.807) is 18.9 Å². The zero-order valence-corrected chi connectivity index (χ0v) is 17.9. The van der Waals surface area contributed by atoms with Crippen LogP contribution in [0.1, 0.15) is 38.3 Å². The van der Waals surface area contributed by atoms with Gasteiger partial charge in [0.25, 0.3) is 0 Å². The third-order valence-corrected chi connectivity index (χ3v) is 5.17. The van der Waals surface area contributed by atoms with Crippen LogP contribution < -0.4 is 10.1 Å². The third-order valence-electron chi connectivity index (χ3n) is 5.17. The fraction of sp³-hybridized carbons (Fsp3) is 0.417. The van der Waals surface area contributed by atoms with E-state index in [0.717, 1.165) is 23.3 Å². The molecule has 2 aromatic carbocycles. The van der Waals surface area contributed by atoms with Gasteiger partial charge in [-0.25, -0.2) is 0 Å². The first-order chi connectivity index (χ1) is 13.9. The maximum absolute atomic E-state index is 13.1. The summed E-state index contributed by atoms with van der Waals surface area (Å²) in [6, 6.07) is 17.0. The van der Waals surface area contributed by atoms with Gasteiger partial charge in [-0.2, -0.15) is 0 Å². The highest BCUT2D eigenvalue weighted by Crippen LogP contribution is 2.14. The molecule has 2 aromatic rings. The Hall–Kier alpha value is -2.82. The van der Waals surface area contributed by atoms with Gasteiger partial charge in [0.2, 0.25) is 11.8 Å². The lowest BCUT2D eigenvalue weighted by atomic mass is 10.1. The molecule has 5 nitrogen and oxygen atoms in total. The van der Waals surface area contributed by atoms with Gasteiger partial charge in [-0.1, -0.05) is 49.4 Å². The smallest absolute Gasteiger partial charge is 0.242 e. The SMILES string of the molecule is CC[C@@H](C)NC(=O)[C@H](C)N(CCc1ccccc1)C(=O)Cc1ccc(OC)cc1. The van der Waals surface area contributed by atoms with Crippen molar-refractivity contribution in [2.24, 2.45) is 0 Å².